The van der Waals surface area contributed by atoms with Crippen LogP contribution < -0.4 is 0 Å². The molecule has 0 aliphatic heterocycles. The fourth-order valence-corrected chi connectivity index (χ4v) is 1.58. The van der Waals surface area contributed by atoms with Crippen LogP contribution in [-0.4, -0.2) is 24.4 Å². The highest BCUT2D eigenvalue weighted by atomic mass is 16.3. The number of aliphatic hydroxyl groups is 1. The van der Waals surface area contributed by atoms with E-state index < -0.39 is 0 Å². The van der Waals surface area contributed by atoms with Gasteiger partial charge in [-0.2, -0.15) is 5.10 Å². The number of aryl methyl sites for hydroxylation is 3. The van der Waals surface area contributed by atoms with Crippen molar-refractivity contribution in [2.75, 3.05) is 0 Å². The Morgan fingerprint density at radius 2 is 2.27 bits per heavy atom. The van der Waals surface area contributed by atoms with E-state index >= 15 is 0 Å². The fourth-order valence-electron chi connectivity index (χ4n) is 1.58. The van der Waals surface area contributed by atoms with Crippen LogP contribution in [0.15, 0.2) is 24.7 Å². The van der Waals surface area contributed by atoms with Gasteiger partial charge >= 0.3 is 0 Å². The van der Waals surface area contributed by atoms with Crippen molar-refractivity contribution in [3.05, 3.63) is 36.2 Å². The summed E-state index contributed by atoms with van der Waals surface area (Å²) in [5, 5.41) is 13.1. The van der Waals surface area contributed by atoms with Crippen LogP contribution in [0.25, 0.3) is 0 Å². The molecule has 5 nitrogen and oxygen atoms in total. The van der Waals surface area contributed by atoms with Gasteiger partial charge in [-0.25, -0.2) is 4.98 Å². The lowest BCUT2D eigenvalue weighted by Gasteiger charge is -2.06. The molecule has 80 valence electrons. The Morgan fingerprint density at radius 1 is 1.40 bits per heavy atom. The third-order valence-electron chi connectivity index (χ3n) is 2.47. The summed E-state index contributed by atoms with van der Waals surface area (Å²) in [6.45, 7) is 0.799. The molecule has 0 spiro atoms. The van der Waals surface area contributed by atoms with E-state index in [0.717, 1.165) is 13.0 Å². The van der Waals surface area contributed by atoms with Gasteiger partial charge in [-0.3, -0.25) is 4.68 Å². The summed E-state index contributed by atoms with van der Waals surface area (Å²) >= 11 is 0. The highest BCUT2D eigenvalue weighted by Crippen LogP contribution is 2.03. The molecule has 2 aromatic rings. The van der Waals surface area contributed by atoms with E-state index in [1.165, 1.54) is 5.69 Å². The van der Waals surface area contributed by atoms with Gasteiger partial charge in [0, 0.05) is 44.3 Å². The lowest BCUT2D eigenvalue weighted by molar-refractivity contribution is 0.265. The maximum Gasteiger partial charge on any atom is 0.134 e. The summed E-state index contributed by atoms with van der Waals surface area (Å²) in [6, 6.07) is 2.00. The van der Waals surface area contributed by atoms with Crippen LogP contribution in [0.5, 0.6) is 0 Å². The van der Waals surface area contributed by atoms with Crippen molar-refractivity contribution >= 4 is 0 Å². The molecule has 15 heavy (non-hydrogen) atoms. The average molecular weight is 206 g/mol. The molecule has 0 fully saturated rings. The second kappa shape index (κ2) is 4.27. The number of aliphatic hydroxyl groups excluding tert-OH is 1. The van der Waals surface area contributed by atoms with Crippen LogP contribution in [0.4, 0.5) is 0 Å². The zero-order chi connectivity index (χ0) is 10.7. The maximum atomic E-state index is 9.02. The summed E-state index contributed by atoms with van der Waals surface area (Å²) < 4.78 is 3.81. The van der Waals surface area contributed by atoms with Crippen molar-refractivity contribution in [2.24, 2.45) is 7.05 Å². The molecule has 5 heteroatoms. The quantitative estimate of drug-likeness (QED) is 0.785. The smallest absolute Gasteiger partial charge is 0.134 e. The lowest BCUT2D eigenvalue weighted by atomic mass is 10.3. The van der Waals surface area contributed by atoms with Gasteiger partial charge in [0.1, 0.15) is 12.4 Å². The summed E-state index contributed by atoms with van der Waals surface area (Å²) in [5.74, 6) is 0.706. The van der Waals surface area contributed by atoms with Crippen LogP contribution in [0, 0.1) is 0 Å². The molecular formula is C10H14N4O. The van der Waals surface area contributed by atoms with E-state index in [0.29, 0.717) is 5.82 Å². The summed E-state index contributed by atoms with van der Waals surface area (Å²) in [4.78, 5) is 4.05. The van der Waals surface area contributed by atoms with Crippen molar-refractivity contribution < 1.29 is 5.11 Å². The van der Waals surface area contributed by atoms with Crippen molar-refractivity contribution in [1.29, 1.82) is 0 Å². The average Bonchev–Trinajstić information content (AvgIpc) is 2.83. The molecule has 2 aromatic heterocycles. The molecular weight excluding hydrogens is 192 g/mol. The van der Waals surface area contributed by atoms with Crippen LogP contribution in [0.1, 0.15) is 11.5 Å². The molecule has 0 unspecified atom stereocenters. The molecule has 0 aliphatic carbocycles. The Kier molecular flexibility index (Phi) is 2.82. The minimum atomic E-state index is -0.0155. The lowest BCUT2D eigenvalue weighted by Crippen LogP contribution is -2.07. The van der Waals surface area contributed by atoms with Gasteiger partial charge < -0.3 is 9.67 Å². The van der Waals surface area contributed by atoms with E-state index in [1.807, 2.05) is 28.6 Å². The van der Waals surface area contributed by atoms with Crippen molar-refractivity contribution in [3.63, 3.8) is 0 Å². The molecule has 1 N–H and O–H groups in total. The van der Waals surface area contributed by atoms with E-state index in [1.54, 1.807) is 12.4 Å². The van der Waals surface area contributed by atoms with Crippen LogP contribution in [-0.2, 0) is 26.6 Å². The molecule has 0 aliphatic rings. The molecule has 2 rings (SSSR count). The third kappa shape index (κ3) is 2.07. The first-order chi connectivity index (χ1) is 7.31. The van der Waals surface area contributed by atoms with E-state index in [9.17, 15) is 0 Å². The highest BCUT2D eigenvalue weighted by Gasteiger charge is 2.03. The number of imidazole rings is 1. The van der Waals surface area contributed by atoms with Gasteiger partial charge in [0.25, 0.3) is 0 Å². The first-order valence-corrected chi connectivity index (χ1v) is 4.89. The van der Waals surface area contributed by atoms with Gasteiger partial charge in [0.05, 0.1) is 0 Å². The standard InChI is InChI=1S/C10H14N4O/c1-13-9(2-4-12-13)3-6-14-7-5-11-10(14)8-15/h2,4-5,7,15H,3,6,8H2,1H3. The van der Waals surface area contributed by atoms with Gasteiger partial charge in [-0.1, -0.05) is 0 Å². The minimum absolute atomic E-state index is 0.0155. The molecule has 0 saturated heterocycles. The topological polar surface area (TPSA) is 55.9 Å². The van der Waals surface area contributed by atoms with Gasteiger partial charge in [0.2, 0.25) is 0 Å². The molecule has 0 aromatic carbocycles. The Morgan fingerprint density at radius 3 is 2.93 bits per heavy atom. The van der Waals surface area contributed by atoms with Crippen molar-refractivity contribution in [2.45, 2.75) is 19.6 Å². The Bertz CT molecular complexity index is 432. The normalized spacial score (nSPS) is 10.8. The van der Waals surface area contributed by atoms with Gasteiger partial charge in [0.15, 0.2) is 0 Å². The summed E-state index contributed by atoms with van der Waals surface area (Å²) in [5.41, 5.74) is 1.17. The predicted octanol–water partition coefficient (Wildman–Crippen LogP) is 0.352. The third-order valence-corrected chi connectivity index (χ3v) is 2.47. The monoisotopic (exact) mass is 206 g/mol. The second-order valence-electron chi connectivity index (χ2n) is 3.39. The Hall–Kier alpha value is -1.62. The predicted molar refractivity (Wildman–Crippen MR) is 55.1 cm³/mol. The zero-order valence-electron chi connectivity index (χ0n) is 8.67. The Labute approximate surface area is 88.0 Å². The first-order valence-electron chi connectivity index (χ1n) is 4.89. The SMILES string of the molecule is Cn1nccc1CCn1ccnc1CO. The summed E-state index contributed by atoms with van der Waals surface area (Å²) in [6.07, 6.45) is 6.26. The van der Waals surface area contributed by atoms with Gasteiger partial charge in [-0.15, -0.1) is 0 Å². The Balaban J connectivity index is 2.02. The van der Waals surface area contributed by atoms with Crippen LogP contribution >= 0.6 is 0 Å². The van der Waals surface area contributed by atoms with Gasteiger partial charge in [-0.05, 0) is 6.07 Å². The number of hydrogen-bond acceptors (Lipinski definition) is 3. The van der Waals surface area contributed by atoms with Crippen molar-refractivity contribution in [1.82, 2.24) is 19.3 Å². The highest BCUT2D eigenvalue weighted by molar-refractivity contribution is 5.01. The largest absolute Gasteiger partial charge is 0.388 e. The molecule has 2 heterocycles. The number of aromatic nitrogens is 4. The van der Waals surface area contributed by atoms with E-state index in [-0.39, 0.29) is 6.61 Å². The molecule has 0 bridgehead atoms. The number of hydrogen-bond donors (Lipinski definition) is 1. The molecule has 0 atom stereocenters. The van der Waals surface area contributed by atoms with Crippen molar-refractivity contribution in [3.8, 4) is 0 Å². The van der Waals surface area contributed by atoms with E-state index in [4.69, 9.17) is 5.11 Å². The fraction of sp³-hybridized carbons (Fsp3) is 0.400. The maximum absolute atomic E-state index is 9.02. The van der Waals surface area contributed by atoms with Crippen LogP contribution in [0.2, 0.25) is 0 Å². The zero-order valence-corrected chi connectivity index (χ0v) is 8.67. The second-order valence-corrected chi connectivity index (χ2v) is 3.39. The number of rotatable bonds is 4. The molecule has 0 radical (unpaired) electrons. The molecule has 0 saturated carbocycles. The van der Waals surface area contributed by atoms with Crippen LogP contribution in [0.3, 0.4) is 0 Å². The van der Waals surface area contributed by atoms with E-state index in [2.05, 4.69) is 10.1 Å². The minimum Gasteiger partial charge on any atom is -0.388 e. The summed E-state index contributed by atoms with van der Waals surface area (Å²) in [7, 11) is 1.93. The molecule has 0 amide bonds. The number of nitrogens with zero attached hydrogens (tertiary/aromatic N) is 4. The first kappa shape index (κ1) is 9.92.